The number of anilines is 1. The maximum Gasteiger partial charge on any atom is 0.150 e. The van der Waals surface area contributed by atoms with Crippen molar-refractivity contribution in [1.29, 1.82) is 0 Å². The van der Waals surface area contributed by atoms with Crippen LogP contribution >= 0.6 is 28.3 Å². The lowest BCUT2D eigenvalue weighted by Crippen LogP contribution is -2.09. The van der Waals surface area contributed by atoms with E-state index in [2.05, 4.69) is 21.4 Å². The Morgan fingerprint density at radius 1 is 1.50 bits per heavy atom. The highest BCUT2D eigenvalue weighted by Gasteiger charge is 2.04. The van der Waals surface area contributed by atoms with Crippen molar-refractivity contribution in [2.24, 2.45) is 5.84 Å². The summed E-state index contributed by atoms with van der Waals surface area (Å²) in [5.41, 5.74) is 3.14. The first kappa shape index (κ1) is 11.7. The Labute approximate surface area is 84.8 Å². The molecule has 0 radical (unpaired) electrons. The fourth-order valence-corrected chi connectivity index (χ4v) is 1.40. The van der Waals surface area contributed by atoms with E-state index in [9.17, 15) is 4.39 Å². The van der Waals surface area contributed by atoms with Crippen molar-refractivity contribution in [3.8, 4) is 0 Å². The number of nitrogens with one attached hydrogen (secondary N) is 1. The molecule has 0 spiro atoms. The Hall–Kier alpha value is -0.320. The summed E-state index contributed by atoms with van der Waals surface area (Å²) in [6, 6.07) is 3.28. The smallest absolute Gasteiger partial charge is 0.150 e. The molecule has 1 rings (SSSR count). The van der Waals surface area contributed by atoms with E-state index in [1.807, 2.05) is 0 Å². The van der Waals surface area contributed by atoms with Crippen molar-refractivity contribution in [3.05, 3.63) is 28.0 Å². The Morgan fingerprint density at radius 2 is 2.08 bits per heavy atom. The van der Waals surface area contributed by atoms with Crippen LogP contribution in [0.1, 0.15) is 5.56 Å². The Bertz CT molecular complexity index is 280. The molecule has 0 saturated carbocycles. The second kappa shape index (κ2) is 4.64. The van der Waals surface area contributed by atoms with Gasteiger partial charge in [0, 0.05) is 4.47 Å². The molecule has 0 aliphatic rings. The summed E-state index contributed by atoms with van der Waals surface area (Å²) in [6.07, 6.45) is 0. The third kappa shape index (κ3) is 2.33. The molecule has 68 valence electrons. The summed E-state index contributed by atoms with van der Waals surface area (Å²) in [5.74, 6) is 4.77. The van der Waals surface area contributed by atoms with E-state index in [0.717, 1.165) is 4.47 Å². The first-order valence-corrected chi connectivity index (χ1v) is 3.86. The van der Waals surface area contributed by atoms with Gasteiger partial charge in [0.1, 0.15) is 0 Å². The number of hydrazine groups is 1. The lowest BCUT2D eigenvalue weighted by atomic mass is 10.2. The molecular formula is C7H9BrClFN2. The van der Waals surface area contributed by atoms with Crippen molar-refractivity contribution in [1.82, 2.24) is 0 Å². The topological polar surface area (TPSA) is 38.0 Å². The molecule has 0 aliphatic carbocycles. The van der Waals surface area contributed by atoms with Gasteiger partial charge in [-0.15, -0.1) is 12.4 Å². The fraction of sp³-hybridized carbons (Fsp3) is 0.143. The summed E-state index contributed by atoms with van der Waals surface area (Å²) in [5, 5.41) is 0. The minimum atomic E-state index is -0.310. The summed E-state index contributed by atoms with van der Waals surface area (Å²) in [4.78, 5) is 0. The van der Waals surface area contributed by atoms with E-state index < -0.39 is 0 Å². The highest BCUT2D eigenvalue weighted by molar-refractivity contribution is 9.10. The molecule has 1 aromatic carbocycles. The predicted octanol–water partition coefficient (Wildman–Crippen LogP) is 2.60. The van der Waals surface area contributed by atoms with Gasteiger partial charge in [-0.2, -0.15) is 0 Å². The van der Waals surface area contributed by atoms with E-state index in [-0.39, 0.29) is 18.2 Å². The molecule has 12 heavy (non-hydrogen) atoms. The molecule has 1 aromatic rings. The van der Waals surface area contributed by atoms with E-state index in [1.54, 1.807) is 19.1 Å². The first-order valence-electron chi connectivity index (χ1n) is 3.07. The van der Waals surface area contributed by atoms with Crippen LogP contribution in [0.4, 0.5) is 10.1 Å². The lowest BCUT2D eigenvalue weighted by Gasteiger charge is -2.04. The van der Waals surface area contributed by atoms with Crippen LogP contribution in [0.15, 0.2) is 16.6 Å². The van der Waals surface area contributed by atoms with Crippen LogP contribution in [0.25, 0.3) is 0 Å². The second-order valence-corrected chi connectivity index (χ2v) is 3.14. The Kier molecular flexibility index (Phi) is 4.52. The zero-order chi connectivity index (χ0) is 8.43. The summed E-state index contributed by atoms with van der Waals surface area (Å²) >= 11 is 3.23. The SMILES string of the molecule is Cc1cc(Br)cc(NN)c1F.Cl. The van der Waals surface area contributed by atoms with Crippen LogP contribution in [0.3, 0.4) is 0 Å². The minimum absolute atomic E-state index is 0. The van der Waals surface area contributed by atoms with E-state index in [1.165, 1.54) is 0 Å². The molecule has 0 bridgehead atoms. The van der Waals surface area contributed by atoms with Crippen molar-refractivity contribution in [2.75, 3.05) is 5.43 Å². The summed E-state index contributed by atoms with van der Waals surface area (Å²) in [6.45, 7) is 1.68. The molecule has 5 heteroatoms. The molecule has 0 aliphatic heterocycles. The zero-order valence-corrected chi connectivity index (χ0v) is 8.80. The highest BCUT2D eigenvalue weighted by atomic mass is 79.9. The van der Waals surface area contributed by atoms with Crippen molar-refractivity contribution in [3.63, 3.8) is 0 Å². The second-order valence-electron chi connectivity index (χ2n) is 2.23. The molecule has 0 aromatic heterocycles. The molecule has 0 unspecified atom stereocenters. The average molecular weight is 256 g/mol. The maximum absolute atomic E-state index is 13.0. The quantitative estimate of drug-likeness (QED) is 0.598. The molecule has 0 fully saturated rings. The number of benzene rings is 1. The van der Waals surface area contributed by atoms with Gasteiger partial charge in [-0.1, -0.05) is 15.9 Å². The molecule has 2 nitrogen and oxygen atoms in total. The molecule has 0 amide bonds. The maximum atomic E-state index is 13.0. The Morgan fingerprint density at radius 3 is 2.58 bits per heavy atom. The number of aryl methyl sites for hydroxylation is 1. The van der Waals surface area contributed by atoms with Gasteiger partial charge >= 0.3 is 0 Å². The fourth-order valence-electron chi connectivity index (χ4n) is 0.831. The van der Waals surface area contributed by atoms with Crippen LogP contribution in [0.2, 0.25) is 0 Å². The normalized spacial score (nSPS) is 9.00. The summed E-state index contributed by atoms with van der Waals surface area (Å²) < 4.78 is 13.8. The monoisotopic (exact) mass is 254 g/mol. The lowest BCUT2D eigenvalue weighted by molar-refractivity contribution is 0.621. The molecule has 0 atom stereocenters. The van der Waals surface area contributed by atoms with Crippen LogP contribution in [0, 0.1) is 12.7 Å². The van der Waals surface area contributed by atoms with Gasteiger partial charge in [-0.3, -0.25) is 5.84 Å². The van der Waals surface area contributed by atoms with Gasteiger partial charge in [-0.25, -0.2) is 4.39 Å². The van der Waals surface area contributed by atoms with Gasteiger partial charge < -0.3 is 5.43 Å². The minimum Gasteiger partial charge on any atom is -0.321 e. The van der Waals surface area contributed by atoms with Gasteiger partial charge in [0.25, 0.3) is 0 Å². The number of rotatable bonds is 1. The van der Waals surface area contributed by atoms with Gasteiger partial charge in [-0.05, 0) is 24.6 Å². The van der Waals surface area contributed by atoms with Gasteiger partial charge in [0.2, 0.25) is 0 Å². The third-order valence-electron chi connectivity index (χ3n) is 1.37. The van der Waals surface area contributed by atoms with Crippen molar-refractivity contribution in [2.45, 2.75) is 6.92 Å². The van der Waals surface area contributed by atoms with Crippen molar-refractivity contribution < 1.29 is 4.39 Å². The van der Waals surface area contributed by atoms with Crippen LogP contribution in [-0.2, 0) is 0 Å². The Balaban J connectivity index is 0.00000121. The molecule has 0 saturated heterocycles. The number of hydrogen-bond donors (Lipinski definition) is 2. The molecular weight excluding hydrogens is 246 g/mol. The highest BCUT2D eigenvalue weighted by Crippen LogP contribution is 2.22. The van der Waals surface area contributed by atoms with Crippen molar-refractivity contribution >= 4 is 34.0 Å². The number of nitrogen functional groups attached to an aromatic ring is 1. The number of nitrogens with two attached hydrogens (primary N) is 1. The van der Waals surface area contributed by atoms with Crippen LogP contribution in [-0.4, -0.2) is 0 Å². The van der Waals surface area contributed by atoms with E-state index in [4.69, 9.17) is 5.84 Å². The standard InChI is InChI=1S/C7H8BrFN2.ClH/c1-4-2-5(8)3-6(11-10)7(4)9;/h2-3,11H,10H2,1H3;1H. The van der Waals surface area contributed by atoms with Crippen LogP contribution < -0.4 is 11.3 Å². The van der Waals surface area contributed by atoms with Gasteiger partial charge in [0.15, 0.2) is 5.82 Å². The predicted molar refractivity (Wildman–Crippen MR) is 53.9 cm³/mol. The number of hydrogen-bond acceptors (Lipinski definition) is 2. The van der Waals surface area contributed by atoms with Crippen LogP contribution in [0.5, 0.6) is 0 Å². The van der Waals surface area contributed by atoms with E-state index >= 15 is 0 Å². The third-order valence-corrected chi connectivity index (χ3v) is 1.83. The zero-order valence-electron chi connectivity index (χ0n) is 6.40. The van der Waals surface area contributed by atoms with E-state index in [0.29, 0.717) is 11.3 Å². The molecule has 3 N–H and O–H groups in total. The average Bonchev–Trinajstić information content (AvgIpc) is 1.96. The number of halogens is 3. The first-order chi connectivity index (χ1) is 5.15. The van der Waals surface area contributed by atoms with Gasteiger partial charge in [0.05, 0.1) is 5.69 Å². The molecule has 0 heterocycles. The summed E-state index contributed by atoms with van der Waals surface area (Å²) in [7, 11) is 0. The largest absolute Gasteiger partial charge is 0.321 e.